The number of hydrogen-bond donors (Lipinski definition) is 3. The van der Waals surface area contributed by atoms with Crippen LogP contribution >= 0.6 is 0 Å². The fraction of sp³-hybridized carbons (Fsp3) is 0.222. The number of benzene rings is 2. The van der Waals surface area contributed by atoms with Crippen molar-refractivity contribution >= 4 is 27.6 Å². The van der Waals surface area contributed by atoms with Crippen LogP contribution < -0.4 is 10.0 Å². The van der Waals surface area contributed by atoms with Gasteiger partial charge < -0.3 is 10.4 Å². The number of rotatable bonds is 8. The van der Waals surface area contributed by atoms with E-state index in [1.807, 2.05) is 6.92 Å². The second-order valence-corrected chi connectivity index (χ2v) is 7.49. The minimum Gasteiger partial charge on any atom is -0.480 e. The van der Waals surface area contributed by atoms with E-state index < -0.39 is 27.9 Å². The van der Waals surface area contributed by atoms with Crippen molar-refractivity contribution in [1.29, 1.82) is 0 Å². The second kappa shape index (κ2) is 8.59. The zero-order chi connectivity index (χ0) is 19.2. The molecule has 0 saturated heterocycles. The number of amides is 1. The van der Waals surface area contributed by atoms with Crippen molar-refractivity contribution in [2.75, 3.05) is 5.32 Å². The Hall–Kier alpha value is -2.71. The molecule has 0 aliphatic rings. The standard InChI is InChI=1S/C18H20N2O5S/c1-13-7-9-15(10-8-13)26(24,25)20-16(18(22)23)11-12-17(21)19-14-5-3-2-4-6-14/h2-10,16,20H,11-12H2,1H3,(H,19,21)(H,22,23)/t16-/m0/s1. The van der Waals surface area contributed by atoms with Gasteiger partial charge in [0.1, 0.15) is 6.04 Å². The van der Waals surface area contributed by atoms with Crippen LogP contribution in [-0.4, -0.2) is 31.4 Å². The lowest BCUT2D eigenvalue weighted by atomic mass is 10.1. The lowest BCUT2D eigenvalue weighted by Gasteiger charge is -2.15. The van der Waals surface area contributed by atoms with E-state index in [-0.39, 0.29) is 17.7 Å². The van der Waals surface area contributed by atoms with E-state index in [0.717, 1.165) is 5.56 Å². The van der Waals surface area contributed by atoms with E-state index in [1.54, 1.807) is 42.5 Å². The van der Waals surface area contributed by atoms with Crippen LogP contribution in [0.5, 0.6) is 0 Å². The van der Waals surface area contributed by atoms with E-state index in [4.69, 9.17) is 0 Å². The second-order valence-electron chi connectivity index (χ2n) is 5.78. The third-order valence-corrected chi connectivity index (χ3v) is 5.13. The number of carboxylic acid groups (broad SMARTS) is 1. The predicted molar refractivity (Wildman–Crippen MR) is 97.2 cm³/mol. The molecular formula is C18H20N2O5S. The van der Waals surface area contributed by atoms with Gasteiger partial charge in [-0.25, -0.2) is 8.42 Å². The molecule has 8 heteroatoms. The van der Waals surface area contributed by atoms with Crippen molar-refractivity contribution in [3.63, 3.8) is 0 Å². The van der Waals surface area contributed by atoms with Crippen LogP contribution in [0.2, 0.25) is 0 Å². The molecule has 0 radical (unpaired) electrons. The maximum Gasteiger partial charge on any atom is 0.321 e. The Morgan fingerprint density at radius 2 is 1.65 bits per heavy atom. The molecule has 0 bridgehead atoms. The molecule has 3 N–H and O–H groups in total. The fourth-order valence-corrected chi connectivity index (χ4v) is 3.45. The van der Waals surface area contributed by atoms with Gasteiger partial charge in [0.05, 0.1) is 4.90 Å². The minimum absolute atomic E-state index is 0.0249. The third-order valence-electron chi connectivity index (χ3n) is 3.64. The molecule has 1 amide bonds. The van der Waals surface area contributed by atoms with E-state index in [2.05, 4.69) is 10.0 Å². The number of para-hydroxylation sites is 1. The molecular weight excluding hydrogens is 356 g/mol. The summed E-state index contributed by atoms with van der Waals surface area (Å²) < 4.78 is 26.8. The Bertz CT molecular complexity index is 864. The first-order valence-corrected chi connectivity index (χ1v) is 9.43. The lowest BCUT2D eigenvalue weighted by Crippen LogP contribution is -2.41. The molecule has 2 aromatic rings. The summed E-state index contributed by atoms with van der Waals surface area (Å²) in [5, 5.41) is 11.9. The maximum absolute atomic E-state index is 12.3. The first-order valence-electron chi connectivity index (χ1n) is 7.94. The smallest absolute Gasteiger partial charge is 0.321 e. The zero-order valence-corrected chi connectivity index (χ0v) is 15.0. The molecule has 0 unspecified atom stereocenters. The molecule has 1 atom stereocenters. The maximum atomic E-state index is 12.3. The molecule has 0 aromatic heterocycles. The molecule has 7 nitrogen and oxygen atoms in total. The highest BCUT2D eigenvalue weighted by atomic mass is 32.2. The van der Waals surface area contributed by atoms with Gasteiger partial charge in [-0.2, -0.15) is 4.72 Å². The van der Waals surface area contributed by atoms with E-state index >= 15 is 0 Å². The summed E-state index contributed by atoms with van der Waals surface area (Å²) >= 11 is 0. The average Bonchev–Trinajstić information content (AvgIpc) is 2.59. The first kappa shape index (κ1) is 19.6. The normalized spacial score (nSPS) is 12.3. The quantitative estimate of drug-likeness (QED) is 0.653. The molecule has 2 rings (SSSR count). The first-order chi connectivity index (χ1) is 12.3. The Morgan fingerprint density at radius 3 is 2.23 bits per heavy atom. The van der Waals surface area contributed by atoms with Gasteiger partial charge >= 0.3 is 5.97 Å². The van der Waals surface area contributed by atoms with Gasteiger partial charge in [-0.3, -0.25) is 9.59 Å². The number of nitrogens with one attached hydrogen (secondary N) is 2. The topological polar surface area (TPSA) is 113 Å². The van der Waals surface area contributed by atoms with Gasteiger partial charge in [0.15, 0.2) is 0 Å². The summed E-state index contributed by atoms with van der Waals surface area (Å²) in [6.45, 7) is 1.81. The molecule has 26 heavy (non-hydrogen) atoms. The molecule has 0 fully saturated rings. The van der Waals surface area contributed by atoms with Gasteiger partial charge in [0.25, 0.3) is 0 Å². The lowest BCUT2D eigenvalue weighted by molar-refractivity contribution is -0.139. The van der Waals surface area contributed by atoms with Gasteiger partial charge in [-0.1, -0.05) is 35.9 Å². The fourth-order valence-electron chi connectivity index (χ4n) is 2.23. The summed E-state index contributed by atoms with van der Waals surface area (Å²) in [6.07, 6.45) is -0.304. The Kier molecular flexibility index (Phi) is 6.48. The molecule has 0 heterocycles. The zero-order valence-electron chi connectivity index (χ0n) is 14.2. The summed E-state index contributed by atoms with van der Waals surface area (Å²) in [6, 6.07) is 13.4. The summed E-state index contributed by atoms with van der Waals surface area (Å²) in [5.41, 5.74) is 1.47. The Balaban J connectivity index is 1.99. The van der Waals surface area contributed by atoms with Crippen LogP contribution in [0.1, 0.15) is 18.4 Å². The SMILES string of the molecule is Cc1ccc(S(=O)(=O)N[C@@H](CCC(=O)Nc2ccccc2)C(=O)O)cc1. The minimum atomic E-state index is -3.99. The summed E-state index contributed by atoms with van der Waals surface area (Å²) in [4.78, 5) is 23.3. The van der Waals surface area contributed by atoms with E-state index in [9.17, 15) is 23.1 Å². The summed E-state index contributed by atoms with van der Waals surface area (Å²) in [7, 11) is -3.99. The average molecular weight is 376 g/mol. The number of aryl methyl sites for hydroxylation is 1. The molecule has 0 saturated carbocycles. The van der Waals surface area contributed by atoms with Gasteiger partial charge in [-0.15, -0.1) is 0 Å². The molecule has 2 aromatic carbocycles. The van der Waals surface area contributed by atoms with Crippen LogP contribution in [0.4, 0.5) is 5.69 Å². The Labute approximate surface area is 152 Å². The highest BCUT2D eigenvalue weighted by Gasteiger charge is 2.26. The van der Waals surface area contributed by atoms with Crippen LogP contribution in [0.3, 0.4) is 0 Å². The van der Waals surface area contributed by atoms with Crippen molar-refractivity contribution < 1.29 is 23.1 Å². The Morgan fingerprint density at radius 1 is 1.04 bits per heavy atom. The number of anilines is 1. The van der Waals surface area contributed by atoms with Gasteiger partial charge in [-0.05, 0) is 37.6 Å². The van der Waals surface area contributed by atoms with Crippen LogP contribution in [0.25, 0.3) is 0 Å². The number of carbonyl (C=O) groups excluding carboxylic acids is 1. The van der Waals surface area contributed by atoms with Gasteiger partial charge in [0, 0.05) is 12.1 Å². The van der Waals surface area contributed by atoms with Crippen LogP contribution in [0, 0.1) is 6.92 Å². The van der Waals surface area contributed by atoms with Crippen molar-refractivity contribution in [3.8, 4) is 0 Å². The highest BCUT2D eigenvalue weighted by Crippen LogP contribution is 2.13. The molecule has 0 aliphatic carbocycles. The molecule has 0 spiro atoms. The number of aliphatic carboxylic acids is 1. The van der Waals surface area contributed by atoms with Gasteiger partial charge in [0.2, 0.25) is 15.9 Å². The number of carbonyl (C=O) groups is 2. The van der Waals surface area contributed by atoms with Crippen molar-refractivity contribution in [2.45, 2.75) is 30.7 Å². The van der Waals surface area contributed by atoms with Crippen molar-refractivity contribution in [3.05, 3.63) is 60.2 Å². The third kappa shape index (κ3) is 5.68. The van der Waals surface area contributed by atoms with Crippen LogP contribution in [0.15, 0.2) is 59.5 Å². The number of sulfonamides is 1. The monoisotopic (exact) mass is 376 g/mol. The highest BCUT2D eigenvalue weighted by molar-refractivity contribution is 7.89. The number of carboxylic acids is 1. The number of hydrogen-bond acceptors (Lipinski definition) is 4. The molecule has 138 valence electrons. The predicted octanol–water partition coefficient (Wildman–Crippen LogP) is 2.15. The molecule has 0 aliphatic heterocycles. The summed E-state index contributed by atoms with van der Waals surface area (Å²) in [5.74, 6) is -1.73. The van der Waals surface area contributed by atoms with Crippen molar-refractivity contribution in [2.24, 2.45) is 0 Å². The largest absolute Gasteiger partial charge is 0.480 e. The van der Waals surface area contributed by atoms with E-state index in [1.165, 1.54) is 12.1 Å². The van der Waals surface area contributed by atoms with Crippen LogP contribution in [-0.2, 0) is 19.6 Å². The van der Waals surface area contributed by atoms with Crippen molar-refractivity contribution in [1.82, 2.24) is 4.72 Å². The van der Waals surface area contributed by atoms with E-state index in [0.29, 0.717) is 5.69 Å².